The van der Waals surface area contributed by atoms with Gasteiger partial charge in [-0.1, -0.05) is 0 Å². The first-order chi connectivity index (χ1) is 8.08. The van der Waals surface area contributed by atoms with Gasteiger partial charge in [0.05, 0.1) is 11.7 Å². The molecular formula is C13H12F2N2. The van der Waals surface area contributed by atoms with Crippen LogP contribution in [-0.2, 0) is 0 Å². The largest absolute Gasteiger partial charge is 0.319 e. The van der Waals surface area contributed by atoms with Gasteiger partial charge in [0, 0.05) is 11.8 Å². The fourth-order valence-corrected chi connectivity index (χ4v) is 1.64. The van der Waals surface area contributed by atoms with Gasteiger partial charge < -0.3 is 5.73 Å². The molecule has 1 aromatic carbocycles. The van der Waals surface area contributed by atoms with E-state index in [1.165, 1.54) is 0 Å². The highest BCUT2D eigenvalue weighted by atomic mass is 19.1. The molecule has 0 spiro atoms. The maximum absolute atomic E-state index is 13.5. The number of rotatable bonds is 2. The molecule has 2 N–H and O–H groups in total. The average Bonchev–Trinajstić information content (AvgIpc) is 2.31. The van der Waals surface area contributed by atoms with Crippen molar-refractivity contribution >= 4 is 0 Å². The molecule has 0 aliphatic carbocycles. The number of hydrogen-bond acceptors (Lipinski definition) is 2. The Balaban J connectivity index is 2.43. The predicted octanol–water partition coefficient (Wildman–Crippen LogP) is 2.72. The topological polar surface area (TPSA) is 38.9 Å². The minimum Gasteiger partial charge on any atom is -0.319 e. The van der Waals surface area contributed by atoms with Gasteiger partial charge in [0.2, 0.25) is 0 Å². The van der Waals surface area contributed by atoms with Crippen LogP contribution in [0, 0.1) is 18.6 Å². The summed E-state index contributed by atoms with van der Waals surface area (Å²) in [5, 5.41) is 0. The summed E-state index contributed by atoms with van der Waals surface area (Å²) in [4.78, 5) is 4.07. The van der Waals surface area contributed by atoms with Crippen molar-refractivity contribution in [3.8, 4) is 0 Å². The maximum atomic E-state index is 13.5. The minimum atomic E-state index is -0.759. The Bertz CT molecular complexity index is 541. The predicted molar refractivity (Wildman–Crippen MR) is 61.4 cm³/mol. The highest BCUT2D eigenvalue weighted by molar-refractivity contribution is 5.30. The molecule has 0 fully saturated rings. The molecule has 0 radical (unpaired) electrons. The molecule has 0 amide bonds. The number of aromatic nitrogens is 1. The first-order valence-electron chi connectivity index (χ1n) is 5.21. The van der Waals surface area contributed by atoms with Crippen molar-refractivity contribution in [2.24, 2.45) is 5.73 Å². The molecule has 0 aliphatic rings. The average molecular weight is 234 g/mol. The molecule has 2 nitrogen and oxygen atoms in total. The Labute approximate surface area is 98.1 Å². The van der Waals surface area contributed by atoms with Crippen molar-refractivity contribution in [1.29, 1.82) is 0 Å². The van der Waals surface area contributed by atoms with Gasteiger partial charge in [0.15, 0.2) is 0 Å². The number of nitrogens with zero attached hydrogens (tertiary/aromatic N) is 1. The number of pyridine rings is 1. The Morgan fingerprint density at radius 2 is 1.94 bits per heavy atom. The van der Waals surface area contributed by atoms with Crippen LogP contribution in [0.5, 0.6) is 0 Å². The fraction of sp³-hybridized carbons (Fsp3) is 0.154. The Morgan fingerprint density at radius 1 is 1.18 bits per heavy atom. The lowest BCUT2D eigenvalue weighted by molar-refractivity contribution is 0.574. The number of hydrogen-bond donors (Lipinski definition) is 1. The third kappa shape index (κ3) is 2.47. The van der Waals surface area contributed by atoms with Crippen molar-refractivity contribution in [1.82, 2.24) is 4.98 Å². The van der Waals surface area contributed by atoms with Crippen LogP contribution in [-0.4, -0.2) is 4.98 Å². The van der Waals surface area contributed by atoms with Gasteiger partial charge in [0.25, 0.3) is 0 Å². The van der Waals surface area contributed by atoms with Crippen molar-refractivity contribution in [3.05, 3.63) is 65.0 Å². The van der Waals surface area contributed by atoms with E-state index >= 15 is 0 Å². The van der Waals surface area contributed by atoms with E-state index in [0.29, 0.717) is 5.69 Å². The highest BCUT2D eigenvalue weighted by Crippen LogP contribution is 2.22. The molecule has 1 atom stereocenters. The summed E-state index contributed by atoms with van der Waals surface area (Å²) in [6.07, 6.45) is 1.60. The zero-order valence-corrected chi connectivity index (χ0v) is 9.32. The van der Waals surface area contributed by atoms with Crippen LogP contribution in [0.3, 0.4) is 0 Å². The van der Waals surface area contributed by atoms with Crippen molar-refractivity contribution < 1.29 is 8.78 Å². The van der Waals surface area contributed by atoms with E-state index < -0.39 is 17.7 Å². The molecule has 1 aromatic heterocycles. The van der Waals surface area contributed by atoms with Crippen LogP contribution in [0.4, 0.5) is 8.78 Å². The van der Waals surface area contributed by atoms with Crippen molar-refractivity contribution in [2.75, 3.05) is 0 Å². The van der Waals surface area contributed by atoms with E-state index in [2.05, 4.69) is 4.98 Å². The lowest BCUT2D eigenvalue weighted by atomic mass is 10.0. The zero-order chi connectivity index (χ0) is 12.4. The van der Waals surface area contributed by atoms with E-state index in [9.17, 15) is 8.78 Å². The van der Waals surface area contributed by atoms with Gasteiger partial charge in [-0.2, -0.15) is 0 Å². The quantitative estimate of drug-likeness (QED) is 0.867. The van der Waals surface area contributed by atoms with E-state index in [-0.39, 0.29) is 5.56 Å². The molecule has 2 rings (SSSR count). The summed E-state index contributed by atoms with van der Waals surface area (Å²) >= 11 is 0. The molecule has 88 valence electrons. The minimum absolute atomic E-state index is 0.114. The van der Waals surface area contributed by atoms with E-state index in [0.717, 1.165) is 23.8 Å². The molecule has 1 unspecified atom stereocenters. The first-order valence-corrected chi connectivity index (χ1v) is 5.21. The first kappa shape index (κ1) is 11.7. The Kier molecular flexibility index (Phi) is 3.15. The molecule has 4 heteroatoms. The smallest absolute Gasteiger partial charge is 0.128 e. The summed E-state index contributed by atoms with van der Waals surface area (Å²) in [6, 6.07) is 6.05. The van der Waals surface area contributed by atoms with Crippen LogP contribution < -0.4 is 5.73 Å². The SMILES string of the molecule is Cc1ccnc(C(N)c2cc(F)ccc2F)c1. The van der Waals surface area contributed by atoms with Crippen LogP contribution in [0.25, 0.3) is 0 Å². The molecule has 0 aliphatic heterocycles. The van der Waals surface area contributed by atoms with Gasteiger partial charge in [-0.3, -0.25) is 4.98 Å². The number of halogens is 2. The Morgan fingerprint density at radius 3 is 2.65 bits per heavy atom. The molecule has 17 heavy (non-hydrogen) atoms. The van der Waals surface area contributed by atoms with Gasteiger partial charge in [-0.05, 0) is 42.8 Å². The van der Waals surface area contributed by atoms with Crippen molar-refractivity contribution in [3.63, 3.8) is 0 Å². The van der Waals surface area contributed by atoms with E-state index in [4.69, 9.17) is 5.73 Å². The van der Waals surface area contributed by atoms with Gasteiger partial charge >= 0.3 is 0 Å². The molecule has 0 bridgehead atoms. The van der Waals surface area contributed by atoms with Crippen LogP contribution >= 0.6 is 0 Å². The number of aryl methyl sites for hydroxylation is 1. The second-order valence-electron chi connectivity index (χ2n) is 3.90. The van der Waals surface area contributed by atoms with Crippen LogP contribution in [0.15, 0.2) is 36.5 Å². The standard InChI is InChI=1S/C13H12F2N2/c1-8-4-5-17-12(6-8)13(16)10-7-9(14)2-3-11(10)15/h2-7,13H,16H2,1H3. The van der Waals surface area contributed by atoms with Crippen molar-refractivity contribution in [2.45, 2.75) is 13.0 Å². The van der Waals surface area contributed by atoms with E-state index in [1.807, 2.05) is 13.0 Å². The van der Waals surface area contributed by atoms with Gasteiger partial charge in [-0.15, -0.1) is 0 Å². The van der Waals surface area contributed by atoms with E-state index in [1.54, 1.807) is 12.3 Å². The molecule has 0 saturated heterocycles. The monoisotopic (exact) mass is 234 g/mol. The van der Waals surface area contributed by atoms with Gasteiger partial charge in [-0.25, -0.2) is 8.78 Å². The molecule has 1 heterocycles. The van der Waals surface area contributed by atoms with Crippen LogP contribution in [0.1, 0.15) is 22.9 Å². The Hall–Kier alpha value is -1.81. The third-order valence-electron chi connectivity index (χ3n) is 2.55. The highest BCUT2D eigenvalue weighted by Gasteiger charge is 2.15. The fourth-order valence-electron chi connectivity index (χ4n) is 1.64. The second-order valence-corrected chi connectivity index (χ2v) is 3.90. The summed E-state index contributed by atoms with van der Waals surface area (Å²) in [5.74, 6) is -1.04. The maximum Gasteiger partial charge on any atom is 0.128 e. The summed E-state index contributed by atoms with van der Waals surface area (Å²) in [6.45, 7) is 1.89. The second kappa shape index (κ2) is 4.59. The number of benzene rings is 1. The number of nitrogens with two attached hydrogens (primary N) is 1. The summed E-state index contributed by atoms with van der Waals surface area (Å²) in [5.41, 5.74) is 7.50. The molecule has 2 aromatic rings. The van der Waals surface area contributed by atoms with Gasteiger partial charge in [0.1, 0.15) is 11.6 Å². The molecular weight excluding hydrogens is 222 g/mol. The van der Waals surface area contributed by atoms with Crippen LogP contribution in [0.2, 0.25) is 0 Å². The lowest BCUT2D eigenvalue weighted by Gasteiger charge is -2.13. The normalized spacial score (nSPS) is 12.5. The summed E-state index contributed by atoms with van der Waals surface area (Å²) < 4.78 is 26.6. The zero-order valence-electron chi connectivity index (χ0n) is 9.32. The summed E-state index contributed by atoms with van der Waals surface area (Å²) in [7, 11) is 0. The lowest BCUT2D eigenvalue weighted by Crippen LogP contribution is -2.15. The molecule has 0 saturated carbocycles. The third-order valence-corrected chi connectivity index (χ3v) is 2.55.